The number of fused-ring (bicyclic) bond motifs is 1. The number of hydrogen-bond donors (Lipinski definition) is 3. The summed E-state index contributed by atoms with van der Waals surface area (Å²) < 4.78 is 5.57. The molecule has 2 aromatic carbocycles. The molecule has 5 heteroatoms. The number of phenols is 3. The van der Waals surface area contributed by atoms with Crippen LogP contribution in [0.5, 0.6) is 17.2 Å². The highest BCUT2D eigenvalue weighted by atomic mass is 16.3. The van der Waals surface area contributed by atoms with Gasteiger partial charge in [-0.1, -0.05) is 30.4 Å². The Labute approximate surface area is 143 Å². The minimum absolute atomic E-state index is 0.0234. The molecule has 0 amide bonds. The summed E-state index contributed by atoms with van der Waals surface area (Å²) in [5, 5.41) is 29.6. The third kappa shape index (κ3) is 2.99. The normalized spacial score (nSPS) is 11.2. The van der Waals surface area contributed by atoms with Gasteiger partial charge in [-0.2, -0.15) is 0 Å². The van der Waals surface area contributed by atoms with E-state index < -0.39 is 5.43 Å². The van der Waals surface area contributed by atoms with E-state index in [1.165, 1.54) is 18.4 Å². The smallest absolute Gasteiger partial charge is 0.204 e. The monoisotopic (exact) mass is 336 g/mol. The molecule has 0 saturated carbocycles. The molecule has 1 aromatic heterocycles. The van der Waals surface area contributed by atoms with Crippen molar-refractivity contribution in [3.63, 3.8) is 0 Å². The molecule has 0 aliphatic heterocycles. The number of benzene rings is 2. The molecule has 0 fully saturated rings. The first-order chi connectivity index (χ1) is 11.9. The average molecular weight is 336 g/mol. The number of rotatable bonds is 3. The number of phenolic OH excluding ortho intramolecular Hbond substituents is 3. The molecule has 3 N–H and O–H groups in total. The molecule has 1 heterocycles. The van der Waals surface area contributed by atoms with E-state index in [2.05, 4.69) is 6.58 Å². The van der Waals surface area contributed by atoms with Crippen molar-refractivity contribution in [2.24, 2.45) is 0 Å². The van der Waals surface area contributed by atoms with E-state index in [1.807, 2.05) is 0 Å². The van der Waals surface area contributed by atoms with E-state index in [4.69, 9.17) is 4.42 Å². The van der Waals surface area contributed by atoms with Crippen LogP contribution in [0.3, 0.4) is 0 Å². The molecule has 0 aliphatic carbocycles. The predicted molar refractivity (Wildman–Crippen MR) is 96.8 cm³/mol. The highest BCUT2D eigenvalue weighted by molar-refractivity contribution is 5.94. The van der Waals surface area contributed by atoms with Gasteiger partial charge in [-0.25, -0.2) is 0 Å². The third-order valence-electron chi connectivity index (χ3n) is 3.76. The van der Waals surface area contributed by atoms with Crippen LogP contribution in [0.4, 0.5) is 0 Å². The van der Waals surface area contributed by atoms with Gasteiger partial charge in [0.2, 0.25) is 5.43 Å². The Bertz CT molecular complexity index is 1060. The van der Waals surface area contributed by atoms with Crippen LogP contribution in [0, 0.1) is 0 Å². The zero-order chi connectivity index (χ0) is 18.1. The summed E-state index contributed by atoms with van der Waals surface area (Å²) in [6, 6.07) is 7.17. The summed E-state index contributed by atoms with van der Waals surface area (Å²) in [4.78, 5) is 12.8. The zero-order valence-corrected chi connectivity index (χ0v) is 13.5. The molecule has 25 heavy (non-hydrogen) atoms. The fourth-order valence-electron chi connectivity index (χ4n) is 2.52. The Kier molecular flexibility index (Phi) is 4.07. The SMILES string of the molecule is C=C(C)C=Cc1c(O)cc(O)c2c(=O)c(-c3ccc(O)cc3)coc12. The van der Waals surface area contributed by atoms with Crippen molar-refractivity contribution in [1.82, 2.24) is 0 Å². The Hall–Kier alpha value is -3.47. The topological polar surface area (TPSA) is 90.9 Å². The lowest BCUT2D eigenvalue weighted by Crippen LogP contribution is -2.05. The second-order valence-corrected chi connectivity index (χ2v) is 5.74. The van der Waals surface area contributed by atoms with Crippen LogP contribution in [-0.2, 0) is 0 Å². The van der Waals surface area contributed by atoms with Gasteiger partial charge in [0.25, 0.3) is 0 Å². The van der Waals surface area contributed by atoms with Crippen LogP contribution in [-0.4, -0.2) is 15.3 Å². The molecular weight excluding hydrogens is 320 g/mol. The van der Waals surface area contributed by atoms with Gasteiger partial charge in [-0.05, 0) is 30.7 Å². The molecule has 126 valence electrons. The molecule has 0 atom stereocenters. The molecule has 0 bridgehead atoms. The van der Waals surface area contributed by atoms with Gasteiger partial charge >= 0.3 is 0 Å². The van der Waals surface area contributed by atoms with Crippen molar-refractivity contribution in [3.05, 3.63) is 70.6 Å². The van der Waals surface area contributed by atoms with Crippen LogP contribution >= 0.6 is 0 Å². The first kappa shape index (κ1) is 16.4. The van der Waals surface area contributed by atoms with Gasteiger partial charge in [0.1, 0.15) is 28.9 Å². The summed E-state index contributed by atoms with van der Waals surface area (Å²) in [5.41, 5.74) is 1.47. The van der Waals surface area contributed by atoms with E-state index in [9.17, 15) is 20.1 Å². The highest BCUT2D eigenvalue weighted by Gasteiger charge is 2.17. The molecule has 0 radical (unpaired) electrons. The van der Waals surface area contributed by atoms with Crippen LogP contribution in [0.1, 0.15) is 12.5 Å². The summed E-state index contributed by atoms with van der Waals surface area (Å²) in [6.45, 7) is 5.53. The third-order valence-corrected chi connectivity index (χ3v) is 3.76. The van der Waals surface area contributed by atoms with E-state index in [0.29, 0.717) is 5.56 Å². The second-order valence-electron chi connectivity index (χ2n) is 5.74. The molecule has 3 aromatic rings. The standard InChI is InChI=1S/C20H16O5/c1-11(2)3-8-14-16(22)9-17(23)18-19(24)15(10-25-20(14)18)12-4-6-13(21)7-5-12/h3-10,21-23H,1H2,2H3. The molecular formula is C20H16O5. The van der Waals surface area contributed by atoms with E-state index in [0.717, 1.165) is 11.6 Å². The van der Waals surface area contributed by atoms with Gasteiger partial charge < -0.3 is 19.7 Å². The lowest BCUT2D eigenvalue weighted by atomic mass is 10.0. The van der Waals surface area contributed by atoms with Crippen LogP contribution < -0.4 is 5.43 Å². The van der Waals surface area contributed by atoms with Crippen molar-refractivity contribution in [2.75, 3.05) is 0 Å². The van der Waals surface area contributed by atoms with Crippen LogP contribution in [0.15, 0.2) is 64.0 Å². The van der Waals surface area contributed by atoms with Gasteiger partial charge in [-0.3, -0.25) is 4.79 Å². The Morgan fingerprint density at radius 3 is 2.44 bits per heavy atom. The first-order valence-corrected chi connectivity index (χ1v) is 7.52. The zero-order valence-electron chi connectivity index (χ0n) is 13.5. The van der Waals surface area contributed by atoms with E-state index >= 15 is 0 Å². The minimum atomic E-state index is -0.436. The van der Waals surface area contributed by atoms with Gasteiger partial charge in [-0.15, -0.1) is 0 Å². The Balaban J connectivity index is 2.31. The maximum Gasteiger partial charge on any atom is 0.204 e. The van der Waals surface area contributed by atoms with Gasteiger partial charge in [0, 0.05) is 6.07 Å². The molecule has 0 aliphatic rings. The van der Waals surface area contributed by atoms with Crippen LogP contribution in [0.25, 0.3) is 28.2 Å². The van der Waals surface area contributed by atoms with E-state index in [-0.39, 0.29) is 39.3 Å². The van der Waals surface area contributed by atoms with Crippen molar-refractivity contribution in [3.8, 4) is 28.4 Å². The molecule has 0 spiro atoms. The maximum absolute atomic E-state index is 12.8. The lowest BCUT2D eigenvalue weighted by Gasteiger charge is -2.08. The van der Waals surface area contributed by atoms with Crippen molar-refractivity contribution in [2.45, 2.75) is 6.92 Å². The molecule has 3 rings (SSSR count). The second kappa shape index (κ2) is 6.20. The summed E-state index contributed by atoms with van der Waals surface area (Å²) in [6.07, 6.45) is 4.51. The predicted octanol–water partition coefficient (Wildman–Crippen LogP) is 4.17. The van der Waals surface area contributed by atoms with Crippen molar-refractivity contribution < 1.29 is 19.7 Å². The summed E-state index contributed by atoms with van der Waals surface area (Å²) in [5.74, 6) is -0.494. The largest absolute Gasteiger partial charge is 0.508 e. The highest BCUT2D eigenvalue weighted by Crippen LogP contribution is 2.35. The number of aromatic hydroxyl groups is 3. The fraction of sp³-hybridized carbons (Fsp3) is 0.0500. The van der Waals surface area contributed by atoms with Gasteiger partial charge in [0.15, 0.2) is 5.58 Å². The number of hydrogen-bond acceptors (Lipinski definition) is 5. The maximum atomic E-state index is 12.8. The van der Waals surface area contributed by atoms with Crippen molar-refractivity contribution >= 4 is 17.0 Å². The van der Waals surface area contributed by atoms with E-state index in [1.54, 1.807) is 31.2 Å². The molecule has 5 nitrogen and oxygen atoms in total. The molecule has 0 unspecified atom stereocenters. The average Bonchev–Trinajstić information content (AvgIpc) is 2.55. The quantitative estimate of drug-likeness (QED) is 0.625. The summed E-state index contributed by atoms with van der Waals surface area (Å²) in [7, 11) is 0. The Morgan fingerprint density at radius 1 is 1.12 bits per heavy atom. The Morgan fingerprint density at radius 2 is 1.80 bits per heavy atom. The first-order valence-electron chi connectivity index (χ1n) is 7.52. The molecule has 0 saturated heterocycles. The number of allylic oxidation sites excluding steroid dienone is 2. The van der Waals surface area contributed by atoms with Crippen LogP contribution in [0.2, 0.25) is 0 Å². The fourth-order valence-corrected chi connectivity index (χ4v) is 2.52. The lowest BCUT2D eigenvalue weighted by molar-refractivity contribution is 0.451. The van der Waals surface area contributed by atoms with Gasteiger partial charge in [0.05, 0.1) is 11.1 Å². The minimum Gasteiger partial charge on any atom is -0.508 e. The van der Waals surface area contributed by atoms with Crippen molar-refractivity contribution in [1.29, 1.82) is 0 Å². The summed E-state index contributed by atoms with van der Waals surface area (Å²) >= 11 is 0.